The molecular weight excluding hydrogens is 418 g/mol. The Hall–Kier alpha value is -3.26. The third-order valence-corrected chi connectivity index (χ3v) is 7.08. The number of carbonyl (C=O) groups excluding carboxylic acids is 1. The largest absolute Gasteiger partial charge is 0.366 e. The molecule has 0 radical (unpaired) electrons. The molecular formula is C25H25N5OS. The number of benzene rings is 2. The van der Waals surface area contributed by atoms with Crippen LogP contribution in [0.4, 0.5) is 0 Å². The Morgan fingerprint density at radius 2 is 2.06 bits per heavy atom. The van der Waals surface area contributed by atoms with Crippen molar-refractivity contribution >= 4 is 33.5 Å². The zero-order valence-electron chi connectivity index (χ0n) is 17.8. The van der Waals surface area contributed by atoms with Crippen molar-refractivity contribution in [1.82, 2.24) is 16.0 Å². The summed E-state index contributed by atoms with van der Waals surface area (Å²) in [5.74, 6) is -0.401. The van der Waals surface area contributed by atoms with Gasteiger partial charge in [0.05, 0.1) is 23.6 Å². The quantitative estimate of drug-likeness (QED) is 0.482. The Kier molecular flexibility index (Phi) is 5.61. The van der Waals surface area contributed by atoms with Gasteiger partial charge in [-0.2, -0.15) is 0 Å². The van der Waals surface area contributed by atoms with Crippen molar-refractivity contribution in [3.05, 3.63) is 93.6 Å². The van der Waals surface area contributed by atoms with Crippen LogP contribution >= 0.6 is 11.3 Å². The molecule has 7 heteroatoms. The summed E-state index contributed by atoms with van der Waals surface area (Å²) in [6.45, 7) is 2.84. The summed E-state index contributed by atoms with van der Waals surface area (Å²) in [4.78, 5) is 17.5. The van der Waals surface area contributed by atoms with Crippen LogP contribution in [0.25, 0.3) is 10.1 Å². The third kappa shape index (κ3) is 3.86. The summed E-state index contributed by atoms with van der Waals surface area (Å²) in [6.07, 6.45) is 6.45. The van der Waals surface area contributed by atoms with Crippen LogP contribution in [0.2, 0.25) is 0 Å². The van der Waals surface area contributed by atoms with Gasteiger partial charge in [0.2, 0.25) is 5.91 Å². The molecule has 3 heterocycles. The molecule has 0 saturated carbocycles. The number of nitrogens with zero attached hydrogens (tertiary/aromatic N) is 1. The number of primary amides is 1. The molecule has 2 aliphatic heterocycles. The summed E-state index contributed by atoms with van der Waals surface area (Å²) in [6, 6.07) is 16.1. The van der Waals surface area contributed by atoms with Crippen LogP contribution in [0.5, 0.6) is 0 Å². The standard InChI is InChI=1S/C25H25N5OS/c1-15-21(18-9-5-10-19(23(26)31)22(18)32-15)25-29-20-14-27-12-6-11-17(20)24(30-25)28-13-16-7-3-2-4-8-16/h2-10,12,14,24-25,28-30H,11,13H2,1H3,(H2,26,31). The third-order valence-electron chi connectivity index (χ3n) is 5.91. The normalized spacial score (nSPS) is 20.2. The van der Waals surface area contributed by atoms with Gasteiger partial charge >= 0.3 is 0 Å². The predicted molar refractivity (Wildman–Crippen MR) is 130 cm³/mol. The van der Waals surface area contributed by atoms with Crippen LogP contribution in [0.1, 0.15) is 38.9 Å². The SMILES string of the molecule is Cc1sc2c(C(N)=O)cccc2c1C1NC2=C(CC=CN=C2)C(NCc2ccccc2)N1. The summed E-state index contributed by atoms with van der Waals surface area (Å²) in [5, 5.41) is 12.1. The predicted octanol–water partition coefficient (Wildman–Crippen LogP) is 3.86. The van der Waals surface area contributed by atoms with Crippen LogP contribution in [-0.4, -0.2) is 18.3 Å². The first kappa shape index (κ1) is 20.6. The fourth-order valence-electron chi connectivity index (χ4n) is 4.38. The molecule has 162 valence electrons. The number of rotatable bonds is 5. The van der Waals surface area contributed by atoms with Gasteiger partial charge in [-0.15, -0.1) is 11.3 Å². The van der Waals surface area contributed by atoms with E-state index in [1.165, 1.54) is 11.1 Å². The molecule has 2 atom stereocenters. The highest BCUT2D eigenvalue weighted by molar-refractivity contribution is 7.19. The topological polar surface area (TPSA) is 91.5 Å². The molecule has 6 nitrogen and oxygen atoms in total. The zero-order chi connectivity index (χ0) is 22.1. The molecule has 2 aromatic carbocycles. The van der Waals surface area contributed by atoms with Gasteiger partial charge in [-0.1, -0.05) is 48.5 Å². The fourth-order valence-corrected chi connectivity index (χ4v) is 5.59. The number of aryl methyl sites for hydroxylation is 1. The number of thiophene rings is 1. The van der Waals surface area contributed by atoms with Crippen LogP contribution < -0.4 is 21.7 Å². The van der Waals surface area contributed by atoms with Gasteiger partial charge in [0.15, 0.2) is 0 Å². The number of allylic oxidation sites excluding steroid dienone is 2. The number of hydrogen-bond donors (Lipinski definition) is 4. The van der Waals surface area contributed by atoms with Crippen molar-refractivity contribution in [2.24, 2.45) is 10.7 Å². The highest BCUT2D eigenvalue weighted by atomic mass is 32.1. The van der Waals surface area contributed by atoms with Gasteiger partial charge in [-0.25, -0.2) is 0 Å². The second kappa shape index (κ2) is 8.70. The molecule has 5 N–H and O–H groups in total. The van der Waals surface area contributed by atoms with Gasteiger partial charge in [-0.3, -0.25) is 20.4 Å². The van der Waals surface area contributed by atoms with E-state index in [0.29, 0.717) is 5.56 Å². The van der Waals surface area contributed by atoms with Gasteiger partial charge in [0.1, 0.15) is 6.17 Å². The molecule has 1 amide bonds. The van der Waals surface area contributed by atoms with Crippen molar-refractivity contribution < 1.29 is 4.79 Å². The highest BCUT2D eigenvalue weighted by Gasteiger charge is 2.31. The number of nitrogens with two attached hydrogens (primary N) is 1. The Morgan fingerprint density at radius 1 is 1.22 bits per heavy atom. The van der Waals surface area contributed by atoms with Gasteiger partial charge in [0, 0.05) is 33.3 Å². The minimum Gasteiger partial charge on any atom is -0.366 e. The monoisotopic (exact) mass is 443 g/mol. The first-order chi connectivity index (χ1) is 15.6. The fraction of sp³-hybridized carbons (Fsp3) is 0.200. The Bertz CT molecular complexity index is 1260. The van der Waals surface area contributed by atoms with Crippen molar-refractivity contribution in [3.63, 3.8) is 0 Å². The molecule has 0 saturated heterocycles. The minimum atomic E-state index is -0.401. The summed E-state index contributed by atoms with van der Waals surface area (Å²) >= 11 is 1.61. The van der Waals surface area contributed by atoms with Crippen molar-refractivity contribution in [1.29, 1.82) is 0 Å². The first-order valence-corrected chi connectivity index (χ1v) is 11.5. The number of fused-ring (bicyclic) bond motifs is 1. The lowest BCUT2D eigenvalue weighted by Gasteiger charge is -2.36. The molecule has 5 rings (SSSR count). The number of aliphatic imine (C=N–C) groups is 1. The van der Waals surface area contributed by atoms with Crippen LogP contribution in [0.15, 0.2) is 77.1 Å². The number of nitrogens with one attached hydrogen (secondary N) is 3. The van der Waals surface area contributed by atoms with Gasteiger partial charge < -0.3 is 11.1 Å². The van der Waals surface area contributed by atoms with E-state index in [4.69, 9.17) is 5.73 Å². The molecule has 0 aliphatic carbocycles. The van der Waals surface area contributed by atoms with E-state index in [1.54, 1.807) is 17.4 Å². The highest BCUT2D eigenvalue weighted by Crippen LogP contribution is 2.38. The number of carbonyl (C=O) groups is 1. The first-order valence-electron chi connectivity index (χ1n) is 10.6. The van der Waals surface area contributed by atoms with Crippen LogP contribution in [0, 0.1) is 6.92 Å². The van der Waals surface area contributed by atoms with Gasteiger partial charge in [-0.05, 0) is 30.5 Å². The molecule has 2 aliphatic rings. The summed E-state index contributed by atoms with van der Waals surface area (Å²) < 4.78 is 0.931. The van der Waals surface area contributed by atoms with Crippen molar-refractivity contribution in [3.8, 4) is 0 Å². The molecule has 0 fully saturated rings. The number of amides is 1. The Morgan fingerprint density at radius 3 is 2.88 bits per heavy atom. The van der Waals surface area contributed by atoms with E-state index < -0.39 is 5.91 Å². The minimum absolute atomic E-state index is 0.0284. The Balaban J connectivity index is 1.52. The van der Waals surface area contributed by atoms with Crippen molar-refractivity contribution in [2.45, 2.75) is 32.2 Å². The molecule has 2 unspecified atom stereocenters. The van der Waals surface area contributed by atoms with E-state index in [0.717, 1.165) is 39.2 Å². The molecule has 3 aromatic rings. The molecule has 0 spiro atoms. The van der Waals surface area contributed by atoms with E-state index in [1.807, 2.05) is 24.5 Å². The summed E-state index contributed by atoms with van der Waals surface area (Å²) in [7, 11) is 0. The Labute approximate surface area is 190 Å². The van der Waals surface area contributed by atoms with E-state index in [9.17, 15) is 4.79 Å². The number of hydrogen-bond acceptors (Lipinski definition) is 6. The molecule has 32 heavy (non-hydrogen) atoms. The molecule has 0 bridgehead atoms. The van der Waals surface area contributed by atoms with E-state index in [-0.39, 0.29) is 12.3 Å². The van der Waals surface area contributed by atoms with Crippen LogP contribution in [-0.2, 0) is 6.54 Å². The average molecular weight is 444 g/mol. The maximum Gasteiger partial charge on any atom is 0.250 e. The zero-order valence-corrected chi connectivity index (χ0v) is 18.6. The lowest BCUT2D eigenvalue weighted by molar-refractivity contribution is 0.100. The van der Waals surface area contributed by atoms with Gasteiger partial charge in [0.25, 0.3) is 0 Å². The second-order valence-electron chi connectivity index (χ2n) is 7.97. The van der Waals surface area contributed by atoms with E-state index >= 15 is 0 Å². The maximum absolute atomic E-state index is 12.0. The summed E-state index contributed by atoms with van der Waals surface area (Å²) in [5.41, 5.74) is 10.8. The average Bonchev–Trinajstić information content (AvgIpc) is 2.96. The lowest BCUT2D eigenvalue weighted by atomic mass is 9.99. The second-order valence-corrected chi connectivity index (χ2v) is 9.19. The lowest BCUT2D eigenvalue weighted by Crippen LogP contribution is -2.53. The van der Waals surface area contributed by atoms with E-state index in [2.05, 4.69) is 64.3 Å². The molecule has 1 aromatic heterocycles. The smallest absolute Gasteiger partial charge is 0.250 e. The van der Waals surface area contributed by atoms with Crippen molar-refractivity contribution in [2.75, 3.05) is 0 Å². The van der Waals surface area contributed by atoms with Crippen LogP contribution in [0.3, 0.4) is 0 Å². The maximum atomic E-state index is 12.0.